The van der Waals surface area contributed by atoms with Gasteiger partial charge in [-0.25, -0.2) is 0 Å². The van der Waals surface area contributed by atoms with Crippen LogP contribution in [0.4, 0.5) is 11.5 Å². The van der Waals surface area contributed by atoms with E-state index in [1.807, 2.05) is 0 Å². The maximum Gasteiger partial charge on any atom is 0.278 e. The van der Waals surface area contributed by atoms with Crippen molar-refractivity contribution in [2.24, 2.45) is 0 Å². The second-order valence-electron chi connectivity index (χ2n) is 4.26. The van der Waals surface area contributed by atoms with Crippen molar-refractivity contribution in [3.05, 3.63) is 53.8 Å². The molecule has 1 aromatic heterocycles. The lowest BCUT2D eigenvalue weighted by Crippen LogP contribution is -2.16. The fourth-order valence-electron chi connectivity index (χ4n) is 2.00. The first-order chi connectivity index (χ1) is 10.8. The summed E-state index contributed by atoms with van der Waals surface area (Å²) in [5, 5.41) is 29.5. The predicted octanol–water partition coefficient (Wildman–Crippen LogP) is 2.58. The molecule has 2 rings (SSSR count). The number of nitrogens with one attached hydrogen (secondary N) is 1. The van der Waals surface area contributed by atoms with Gasteiger partial charge in [0, 0.05) is 11.6 Å². The predicted molar refractivity (Wildman–Crippen MR) is 83.0 cm³/mol. The first kappa shape index (κ1) is 16.3. The average Bonchev–Trinajstić information content (AvgIpc) is 2.48. The first-order valence-corrected chi connectivity index (χ1v) is 6.57. The van der Waals surface area contributed by atoms with E-state index in [-0.39, 0.29) is 32.6 Å². The van der Waals surface area contributed by atoms with Gasteiger partial charge in [-0.05, 0) is 6.07 Å². The van der Waals surface area contributed by atoms with E-state index < -0.39 is 21.7 Å². The van der Waals surface area contributed by atoms with Crippen molar-refractivity contribution in [3.8, 4) is 23.3 Å². The number of hydrogen-bond acceptors (Lipinski definition) is 6. The van der Waals surface area contributed by atoms with Crippen LogP contribution in [0.25, 0.3) is 11.1 Å². The number of aromatic nitrogens is 1. The van der Waals surface area contributed by atoms with E-state index in [2.05, 4.69) is 4.98 Å². The molecule has 0 saturated carbocycles. The zero-order valence-corrected chi connectivity index (χ0v) is 12.6. The smallest absolute Gasteiger partial charge is 0.278 e. The summed E-state index contributed by atoms with van der Waals surface area (Å²) >= 11 is 11.6. The Bertz CT molecular complexity index is 985. The Hall–Kier alpha value is -3.07. The van der Waals surface area contributed by atoms with Crippen molar-refractivity contribution in [1.29, 1.82) is 10.5 Å². The number of anilines is 1. The normalized spacial score (nSPS) is 9.91. The highest BCUT2D eigenvalue weighted by molar-refractivity contribution is 6.42. The van der Waals surface area contributed by atoms with E-state index in [0.717, 1.165) is 12.1 Å². The summed E-state index contributed by atoms with van der Waals surface area (Å²) in [6.45, 7) is 0. The van der Waals surface area contributed by atoms with Gasteiger partial charge >= 0.3 is 0 Å². The van der Waals surface area contributed by atoms with Crippen LogP contribution in [-0.4, -0.2) is 9.91 Å². The SMILES string of the molecule is N#Cc1c(N)[nH]c(=O)c(C#N)c1-c1cc(Cl)c(Cl)cc1[N+](=O)[O-]. The number of hydrogen-bond donors (Lipinski definition) is 2. The molecular weight excluding hydrogens is 345 g/mol. The molecule has 1 heterocycles. The van der Waals surface area contributed by atoms with Gasteiger partial charge in [-0.2, -0.15) is 10.5 Å². The third-order valence-electron chi connectivity index (χ3n) is 2.97. The molecule has 10 heteroatoms. The van der Waals surface area contributed by atoms with Gasteiger partial charge in [0.1, 0.15) is 29.1 Å². The van der Waals surface area contributed by atoms with E-state index in [4.69, 9.17) is 28.9 Å². The molecule has 0 saturated heterocycles. The second kappa shape index (κ2) is 5.97. The number of rotatable bonds is 2. The van der Waals surface area contributed by atoms with Gasteiger partial charge in [0.15, 0.2) is 0 Å². The maximum absolute atomic E-state index is 11.9. The molecule has 0 aliphatic heterocycles. The monoisotopic (exact) mass is 349 g/mol. The molecule has 2 aromatic rings. The topological polar surface area (TPSA) is 150 Å². The van der Waals surface area contributed by atoms with Crippen LogP contribution in [0.1, 0.15) is 11.1 Å². The van der Waals surface area contributed by atoms with Gasteiger partial charge in [-0.15, -0.1) is 0 Å². The molecule has 0 fully saturated rings. The van der Waals surface area contributed by atoms with E-state index in [9.17, 15) is 25.4 Å². The highest BCUT2D eigenvalue weighted by atomic mass is 35.5. The number of nitro groups is 1. The van der Waals surface area contributed by atoms with Crippen molar-refractivity contribution < 1.29 is 4.92 Å². The van der Waals surface area contributed by atoms with Gasteiger partial charge in [0.05, 0.1) is 20.5 Å². The van der Waals surface area contributed by atoms with Gasteiger partial charge in [0.25, 0.3) is 11.2 Å². The molecule has 114 valence electrons. The summed E-state index contributed by atoms with van der Waals surface area (Å²) in [6, 6.07) is 5.42. The molecule has 0 spiro atoms. The van der Waals surface area contributed by atoms with Gasteiger partial charge < -0.3 is 10.7 Å². The average molecular weight is 350 g/mol. The van der Waals surface area contributed by atoms with Crippen molar-refractivity contribution >= 4 is 34.7 Å². The standard InChI is InChI=1S/C13H5Cl2N5O3/c14-8-1-5(10(20(22)23)2-9(8)15)11-6(3-16)12(18)19-13(21)7(11)4-17/h1-2H,(H3,18,19,21). The van der Waals surface area contributed by atoms with Crippen LogP contribution in [0, 0.1) is 32.8 Å². The fraction of sp³-hybridized carbons (Fsp3) is 0. The number of nitrogens with zero attached hydrogens (tertiary/aromatic N) is 3. The summed E-state index contributed by atoms with van der Waals surface area (Å²) in [6.07, 6.45) is 0. The number of nitrogens with two attached hydrogens (primary N) is 1. The Morgan fingerprint density at radius 2 is 1.74 bits per heavy atom. The summed E-state index contributed by atoms with van der Waals surface area (Å²) in [7, 11) is 0. The van der Waals surface area contributed by atoms with Gasteiger partial charge in [0.2, 0.25) is 0 Å². The first-order valence-electron chi connectivity index (χ1n) is 5.81. The number of benzene rings is 1. The number of halogens is 2. The minimum absolute atomic E-state index is 0.0427. The van der Waals surface area contributed by atoms with Crippen LogP contribution >= 0.6 is 23.2 Å². The summed E-state index contributed by atoms with van der Waals surface area (Å²) < 4.78 is 0. The van der Waals surface area contributed by atoms with Crippen LogP contribution in [-0.2, 0) is 0 Å². The summed E-state index contributed by atoms with van der Waals surface area (Å²) in [4.78, 5) is 24.5. The quantitative estimate of drug-likeness (QED) is 0.628. The lowest BCUT2D eigenvalue weighted by Gasteiger charge is -2.10. The van der Waals surface area contributed by atoms with Crippen LogP contribution in [0.3, 0.4) is 0 Å². The zero-order valence-electron chi connectivity index (χ0n) is 11.1. The Kier molecular flexibility index (Phi) is 4.23. The number of aromatic amines is 1. The molecule has 1 aromatic carbocycles. The van der Waals surface area contributed by atoms with Crippen molar-refractivity contribution in [1.82, 2.24) is 4.98 Å². The van der Waals surface area contributed by atoms with Crippen LogP contribution in [0.2, 0.25) is 10.0 Å². The summed E-state index contributed by atoms with van der Waals surface area (Å²) in [5.74, 6) is -0.313. The van der Waals surface area contributed by atoms with Gasteiger partial charge in [-0.1, -0.05) is 23.2 Å². The highest BCUT2D eigenvalue weighted by Crippen LogP contribution is 2.39. The minimum Gasteiger partial charge on any atom is -0.384 e. The van der Waals surface area contributed by atoms with E-state index >= 15 is 0 Å². The van der Waals surface area contributed by atoms with Crippen LogP contribution < -0.4 is 11.3 Å². The molecular formula is C13H5Cl2N5O3. The Balaban J connectivity index is 3.08. The molecule has 0 bridgehead atoms. The fourth-order valence-corrected chi connectivity index (χ4v) is 2.32. The molecule has 23 heavy (non-hydrogen) atoms. The van der Waals surface area contributed by atoms with Crippen LogP contribution in [0.15, 0.2) is 16.9 Å². The van der Waals surface area contributed by atoms with Crippen molar-refractivity contribution in [3.63, 3.8) is 0 Å². The molecule has 0 radical (unpaired) electrons. The third kappa shape index (κ3) is 2.69. The van der Waals surface area contributed by atoms with Crippen molar-refractivity contribution in [2.75, 3.05) is 5.73 Å². The molecule has 0 aliphatic rings. The third-order valence-corrected chi connectivity index (χ3v) is 3.70. The molecule has 0 amide bonds. The van der Waals surface area contributed by atoms with E-state index in [1.165, 1.54) is 0 Å². The molecule has 0 unspecified atom stereocenters. The van der Waals surface area contributed by atoms with Gasteiger partial charge in [-0.3, -0.25) is 14.9 Å². The number of pyridine rings is 1. The maximum atomic E-state index is 11.9. The Morgan fingerprint density at radius 1 is 1.17 bits per heavy atom. The molecule has 8 nitrogen and oxygen atoms in total. The number of nitro benzene ring substituents is 1. The molecule has 0 aliphatic carbocycles. The number of H-pyrrole nitrogens is 1. The largest absolute Gasteiger partial charge is 0.384 e. The second-order valence-corrected chi connectivity index (χ2v) is 5.07. The summed E-state index contributed by atoms with van der Waals surface area (Å²) in [5.41, 5.74) is 2.95. The number of nitriles is 2. The Morgan fingerprint density at radius 3 is 2.26 bits per heavy atom. The molecule has 3 N–H and O–H groups in total. The highest BCUT2D eigenvalue weighted by Gasteiger charge is 2.26. The van der Waals surface area contributed by atoms with Crippen LogP contribution in [0.5, 0.6) is 0 Å². The van der Waals surface area contributed by atoms with Crippen molar-refractivity contribution in [2.45, 2.75) is 0 Å². The molecule has 0 atom stereocenters. The lowest BCUT2D eigenvalue weighted by atomic mass is 9.95. The lowest BCUT2D eigenvalue weighted by molar-refractivity contribution is -0.384. The minimum atomic E-state index is -0.876. The zero-order chi connectivity index (χ0) is 17.3. The van der Waals surface area contributed by atoms with E-state index in [1.54, 1.807) is 12.1 Å². The Labute approximate surface area is 138 Å². The van der Waals surface area contributed by atoms with E-state index in [0.29, 0.717) is 0 Å². The number of nitrogen functional groups attached to an aromatic ring is 1.